The summed E-state index contributed by atoms with van der Waals surface area (Å²) < 4.78 is 0. The van der Waals surface area contributed by atoms with Crippen LogP contribution < -0.4 is 5.73 Å². The van der Waals surface area contributed by atoms with Crippen LogP contribution in [0.25, 0.3) is 0 Å². The van der Waals surface area contributed by atoms with Crippen molar-refractivity contribution in [3.05, 3.63) is 38.9 Å². The van der Waals surface area contributed by atoms with Crippen LogP contribution in [0.4, 0.5) is 5.69 Å². The molecule has 0 unspecified atom stereocenters. The molecule has 0 radical (unpaired) electrons. The van der Waals surface area contributed by atoms with E-state index in [9.17, 15) is 10.1 Å². The molecule has 0 aliphatic carbocycles. The molecule has 1 rings (SSSR count). The molecule has 0 aliphatic heterocycles. The number of hydrogen-bond acceptors (Lipinski definition) is 3. The number of unbranched alkanes of at least 4 members (excludes halogenated alkanes) is 2. The highest BCUT2D eigenvalue weighted by Gasteiger charge is 2.19. The Morgan fingerprint density at radius 2 is 2.18 bits per heavy atom. The van der Waals surface area contributed by atoms with Crippen LogP contribution in [-0.2, 0) is 0 Å². The lowest BCUT2D eigenvalue weighted by Crippen LogP contribution is -2.12. The highest BCUT2D eigenvalue weighted by molar-refractivity contribution is 6.30. The third-order valence-electron chi connectivity index (χ3n) is 2.70. The van der Waals surface area contributed by atoms with Gasteiger partial charge in [0, 0.05) is 22.7 Å². The van der Waals surface area contributed by atoms with Crippen molar-refractivity contribution in [2.45, 2.75) is 38.6 Å². The predicted molar refractivity (Wildman–Crippen MR) is 69.2 cm³/mol. The van der Waals surface area contributed by atoms with Crippen molar-refractivity contribution in [3.8, 4) is 0 Å². The average molecular weight is 257 g/mol. The maximum absolute atomic E-state index is 10.9. The van der Waals surface area contributed by atoms with E-state index in [2.05, 4.69) is 6.92 Å². The van der Waals surface area contributed by atoms with Gasteiger partial charge in [-0.05, 0) is 18.6 Å². The summed E-state index contributed by atoms with van der Waals surface area (Å²) >= 11 is 5.85. The van der Waals surface area contributed by atoms with Gasteiger partial charge in [-0.2, -0.15) is 0 Å². The Balaban J connectivity index is 2.86. The van der Waals surface area contributed by atoms with Gasteiger partial charge in [-0.1, -0.05) is 37.8 Å². The Bertz CT molecular complexity index is 396. The van der Waals surface area contributed by atoms with E-state index >= 15 is 0 Å². The van der Waals surface area contributed by atoms with Crippen molar-refractivity contribution < 1.29 is 4.92 Å². The van der Waals surface area contributed by atoms with E-state index < -0.39 is 4.92 Å². The minimum absolute atomic E-state index is 0.0541. The fourth-order valence-electron chi connectivity index (χ4n) is 1.76. The van der Waals surface area contributed by atoms with E-state index in [1.54, 1.807) is 6.07 Å². The number of nitro groups is 1. The summed E-state index contributed by atoms with van der Waals surface area (Å²) in [5.41, 5.74) is 6.56. The van der Waals surface area contributed by atoms with Crippen molar-refractivity contribution in [2.75, 3.05) is 0 Å². The van der Waals surface area contributed by atoms with Crippen LogP contribution in [0.5, 0.6) is 0 Å². The quantitative estimate of drug-likeness (QED) is 0.478. The maximum Gasteiger partial charge on any atom is 0.274 e. The number of rotatable bonds is 6. The van der Waals surface area contributed by atoms with Crippen molar-refractivity contribution in [3.63, 3.8) is 0 Å². The molecule has 17 heavy (non-hydrogen) atoms. The summed E-state index contributed by atoms with van der Waals surface area (Å²) in [6, 6.07) is 4.20. The first kappa shape index (κ1) is 13.9. The number of nitrogens with zero attached hydrogens (tertiary/aromatic N) is 1. The van der Waals surface area contributed by atoms with Crippen LogP contribution in [0, 0.1) is 10.1 Å². The van der Waals surface area contributed by atoms with Crippen LogP contribution >= 0.6 is 11.6 Å². The van der Waals surface area contributed by atoms with Gasteiger partial charge in [0.05, 0.1) is 4.92 Å². The second-order valence-electron chi connectivity index (χ2n) is 4.06. The molecule has 94 valence electrons. The van der Waals surface area contributed by atoms with Crippen LogP contribution in [0.2, 0.25) is 5.02 Å². The SMILES string of the molecule is CCCCC[C@@H](N)c1cc(Cl)ccc1[N+](=O)[O-]. The lowest BCUT2D eigenvalue weighted by Gasteiger charge is -2.12. The Kier molecular flexibility index (Phi) is 5.38. The third kappa shape index (κ3) is 3.98. The minimum Gasteiger partial charge on any atom is -0.324 e. The zero-order chi connectivity index (χ0) is 12.8. The summed E-state index contributed by atoms with van der Waals surface area (Å²) in [4.78, 5) is 10.5. The fourth-order valence-corrected chi connectivity index (χ4v) is 1.94. The van der Waals surface area contributed by atoms with Gasteiger partial charge in [-0.25, -0.2) is 0 Å². The number of halogens is 1. The molecule has 0 heterocycles. The van der Waals surface area contributed by atoms with Gasteiger partial charge in [-0.3, -0.25) is 10.1 Å². The van der Waals surface area contributed by atoms with E-state index in [4.69, 9.17) is 17.3 Å². The molecule has 0 bridgehead atoms. The molecule has 1 aromatic rings. The molecule has 0 saturated heterocycles. The molecular formula is C12H17ClN2O2. The van der Waals surface area contributed by atoms with Gasteiger partial charge in [-0.15, -0.1) is 0 Å². The molecule has 0 aromatic heterocycles. The van der Waals surface area contributed by atoms with Crippen LogP contribution in [0.3, 0.4) is 0 Å². The first-order chi connectivity index (χ1) is 8.06. The minimum atomic E-state index is -0.411. The summed E-state index contributed by atoms with van der Waals surface area (Å²) in [5, 5.41) is 11.4. The van der Waals surface area contributed by atoms with E-state index in [0.717, 1.165) is 25.7 Å². The molecule has 4 nitrogen and oxygen atoms in total. The van der Waals surface area contributed by atoms with E-state index in [-0.39, 0.29) is 11.7 Å². The Hall–Kier alpha value is -1.13. The summed E-state index contributed by atoms with van der Waals surface area (Å²) in [6.45, 7) is 2.10. The molecule has 1 atom stereocenters. The highest BCUT2D eigenvalue weighted by Crippen LogP contribution is 2.29. The first-order valence-electron chi connectivity index (χ1n) is 5.75. The van der Waals surface area contributed by atoms with Crippen molar-refractivity contribution in [2.24, 2.45) is 5.73 Å². The predicted octanol–water partition coefficient (Wildman–Crippen LogP) is 3.83. The van der Waals surface area contributed by atoms with E-state index in [0.29, 0.717) is 10.6 Å². The summed E-state index contributed by atoms with van der Waals surface area (Å²) in [5.74, 6) is 0. The number of benzene rings is 1. The van der Waals surface area contributed by atoms with Crippen molar-refractivity contribution >= 4 is 17.3 Å². The normalized spacial score (nSPS) is 12.4. The topological polar surface area (TPSA) is 69.2 Å². The summed E-state index contributed by atoms with van der Waals surface area (Å²) in [7, 11) is 0. The van der Waals surface area contributed by atoms with Crippen LogP contribution in [0.15, 0.2) is 18.2 Å². The highest BCUT2D eigenvalue weighted by atomic mass is 35.5. The Morgan fingerprint density at radius 1 is 1.47 bits per heavy atom. The van der Waals surface area contributed by atoms with Gasteiger partial charge in [0.15, 0.2) is 0 Å². The van der Waals surface area contributed by atoms with Gasteiger partial charge < -0.3 is 5.73 Å². The molecule has 5 heteroatoms. The molecule has 0 amide bonds. The van der Waals surface area contributed by atoms with Gasteiger partial charge in [0.2, 0.25) is 0 Å². The number of hydrogen-bond donors (Lipinski definition) is 1. The second kappa shape index (κ2) is 6.57. The molecule has 0 saturated carbocycles. The fraction of sp³-hybridized carbons (Fsp3) is 0.500. The standard InChI is InChI=1S/C12H17ClN2O2/c1-2-3-4-5-11(14)10-8-9(13)6-7-12(10)15(16)17/h6-8,11H,2-5,14H2,1H3/t11-/m1/s1. The Labute approximate surface area is 106 Å². The average Bonchev–Trinajstić information content (AvgIpc) is 2.28. The third-order valence-corrected chi connectivity index (χ3v) is 2.94. The molecule has 2 N–H and O–H groups in total. The van der Waals surface area contributed by atoms with Gasteiger partial charge in [0.1, 0.15) is 0 Å². The first-order valence-corrected chi connectivity index (χ1v) is 6.13. The largest absolute Gasteiger partial charge is 0.324 e. The Morgan fingerprint density at radius 3 is 2.76 bits per heavy atom. The molecule has 0 aliphatic rings. The molecule has 0 fully saturated rings. The van der Waals surface area contributed by atoms with E-state index in [1.165, 1.54) is 12.1 Å². The van der Waals surface area contributed by atoms with Crippen molar-refractivity contribution in [1.82, 2.24) is 0 Å². The maximum atomic E-state index is 10.9. The zero-order valence-corrected chi connectivity index (χ0v) is 10.6. The summed E-state index contributed by atoms with van der Waals surface area (Å²) in [6.07, 6.45) is 3.91. The monoisotopic (exact) mass is 256 g/mol. The second-order valence-corrected chi connectivity index (χ2v) is 4.50. The zero-order valence-electron chi connectivity index (χ0n) is 9.86. The molecular weight excluding hydrogens is 240 g/mol. The van der Waals surface area contributed by atoms with Gasteiger partial charge in [0.25, 0.3) is 5.69 Å². The van der Waals surface area contributed by atoms with Crippen LogP contribution in [-0.4, -0.2) is 4.92 Å². The van der Waals surface area contributed by atoms with Gasteiger partial charge >= 0.3 is 0 Å². The van der Waals surface area contributed by atoms with Crippen molar-refractivity contribution in [1.29, 1.82) is 0 Å². The lowest BCUT2D eigenvalue weighted by molar-refractivity contribution is -0.385. The lowest BCUT2D eigenvalue weighted by atomic mass is 10.00. The van der Waals surface area contributed by atoms with E-state index in [1.807, 2.05) is 0 Å². The molecule has 1 aromatic carbocycles. The molecule has 0 spiro atoms. The number of nitrogens with two attached hydrogens (primary N) is 1. The smallest absolute Gasteiger partial charge is 0.274 e. The number of nitro benzene ring substituents is 1. The van der Waals surface area contributed by atoms with Crippen LogP contribution in [0.1, 0.15) is 44.2 Å².